The van der Waals surface area contributed by atoms with Crippen LogP contribution in [-0.4, -0.2) is 54.3 Å². The van der Waals surface area contributed by atoms with Gasteiger partial charge in [-0.05, 0) is 35.1 Å². The van der Waals surface area contributed by atoms with Crippen molar-refractivity contribution in [3.63, 3.8) is 0 Å². The van der Waals surface area contributed by atoms with Crippen LogP contribution >= 0.6 is 0 Å². The summed E-state index contributed by atoms with van der Waals surface area (Å²) in [5, 5.41) is 13.9. The summed E-state index contributed by atoms with van der Waals surface area (Å²) in [6.45, 7) is 5.06. The van der Waals surface area contributed by atoms with Gasteiger partial charge in [0, 0.05) is 12.0 Å². The average Bonchev–Trinajstić information content (AvgIpc) is 3.14. The van der Waals surface area contributed by atoms with Gasteiger partial charge in [-0.1, -0.05) is 62.4 Å². The number of benzene rings is 2. The smallest absolute Gasteiger partial charge is 0.408 e. The summed E-state index contributed by atoms with van der Waals surface area (Å²) in [5.41, 5.74) is 4.18. The lowest BCUT2D eigenvalue weighted by Crippen LogP contribution is -2.55. The van der Waals surface area contributed by atoms with E-state index in [2.05, 4.69) is 10.6 Å². The van der Waals surface area contributed by atoms with Crippen LogP contribution in [0.3, 0.4) is 0 Å². The van der Waals surface area contributed by atoms with Crippen LogP contribution in [0.5, 0.6) is 0 Å². The van der Waals surface area contributed by atoms with E-state index >= 15 is 0 Å². The maximum Gasteiger partial charge on any atom is 0.408 e. The van der Waals surface area contributed by atoms with Gasteiger partial charge in [0.25, 0.3) is 5.91 Å². The van der Waals surface area contributed by atoms with Crippen LogP contribution in [0, 0.1) is 5.92 Å². The Kier molecular flexibility index (Phi) is 8.46. The summed E-state index contributed by atoms with van der Waals surface area (Å²) >= 11 is 0. The molecule has 3 N–H and O–H groups in total. The molecule has 2 amide bonds. The zero-order valence-electron chi connectivity index (χ0n) is 19.9. The largest absolute Gasteiger partial charge is 0.481 e. The van der Waals surface area contributed by atoms with Crippen LogP contribution in [0.4, 0.5) is 4.79 Å². The van der Waals surface area contributed by atoms with Crippen molar-refractivity contribution in [3.05, 3.63) is 59.7 Å². The standard InChI is InChI=1S/C26H30N2O7/c1-4-34-25(32)23(24(31)27-21(15(2)3)13-22(29)30)28-26(33)35-14-20-18-11-7-5-9-16(18)17-10-6-8-12-19(17)20/h5-12,15,20-21,23H,4,13-14H2,1-3H3,(H,27,31)(H,28,33)(H,29,30). The number of ether oxygens (including phenoxy) is 2. The summed E-state index contributed by atoms with van der Waals surface area (Å²) in [4.78, 5) is 49.0. The van der Waals surface area contributed by atoms with Gasteiger partial charge in [0.05, 0.1) is 13.0 Å². The van der Waals surface area contributed by atoms with E-state index < -0.39 is 36.0 Å². The highest BCUT2D eigenvalue weighted by atomic mass is 16.6. The molecule has 0 aliphatic heterocycles. The molecule has 0 fully saturated rings. The highest BCUT2D eigenvalue weighted by Gasteiger charge is 2.34. The van der Waals surface area contributed by atoms with Crippen LogP contribution in [0.2, 0.25) is 0 Å². The average molecular weight is 483 g/mol. The number of alkyl carbamates (subject to hydrolysis) is 1. The Labute approximate surface area is 203 Å². The quantitative estimate of drug-likeness (QED) is 0.350. The van der Waals surface area contributed by atoms with Gasteiger partial charge in [0.2, 0.25) is 6.04 Å². The fraction of sp³-hybridized carbons (Fsp3) is 0.385. The molecule has 0 bridgehead atoms. The predicted molar refractivity (Wildman–Crippen MR) is 128 cm³/mol. The minimum absolute atomic E-state index is 0.00226. The molecule has 2 aromatic rings. The SMILES string of the molecule is CCOC(=O)C(NC(=O)OCC1c2ccccc2-c2ccccc21)C(=O)NC(CC(=O)O)C(C)C. The van der Waals surface area contributed by atoms with Crippen LogP contribution in [-0.2, 0) is 23.9 Å². The fourth-order valence-electron chi connectivity index (χ4n) is 4.12. The monoisotopic (exact) mass is 482 g/mol. The van der Waals surface area contributed by atoms with E-state index in [4.69, 9.17) is 14.6 Å². The number of rotatable bonds is 10. The first-order valence-electron chi connectivity index (χ1n) is 11.5. The number of amides is 2. The Hall–Kier alpha value is -3.88. The Bertz CT molecular complexity index is 1050. The summed E-state index contributed by atoms with van der Waals surface area (Å²) in [6, 6.07) is 13.3. The van der Waals surface area contributed by atoms with Crippen molar-refractivity contribution in [2.24, 2.45) is 5.92 Å². The van der Waals surface area contributed by atoms with E-state index in [9.17, 15) is 19.2 Å². The van der Waals surface area contributed by atoms with E-state index in [0.717, 1.165) is 22.3 Å². The van der Waals surface area contributed by atoms with Crippen molar-refractivity contribution in [1.82, 2.24) is 10.6 Å². The van der Waals surface area contributed by atoms with Crippen molar-refractivity contribution in [1.29, 1.82) is 0 Å². The van der Waals surface area contributed by atoms with Gasteiger partial charge in [-0.2, -0.15) is 0 Å². The number of esters is 1. The molecular formula is C26H30N2O7. The Morgan fingerprint density at radius 1 is 0.914 bits per heavy atom. The summed E-state index contributed by atoms with van der Waals surface area (Å²) < 4.78 is 10.4. The molecule has 3 rings (SSSR count). The number of aliphatic carboxylic acids is 1. The molecule has 2 unspecified atom stereocenters. The molecule has 35 heavy (non-hydrogen) atoms. The molecule has 9 nitrogen and oxygen atoms in total. The Balaban J connectivity index is 1.70. The lowest BCUT2D eigenvalue weighted by atomic mass is 9.98. The molecule has 0 radical (unpaired) electrons. The molecular weight excluding hydrogens is 452 g/mol. The zero-order chi connectivity index (χ0) is 25.5. The molecule has 1 aliphatic rings. The minimum Gasteiger partial charge on any atom is -0.481 e. The van der Waals surface area contributed by atoms with Crippen molar-refractivity contribution in [3.8, 4) is 11.1 Å². The van der Waals surface area contributed by atoms with Gasteiger partial charge in [0.15, 0.2) is 0 Å². The number of nitrogens with one attached hydrogen (secondary N) is 2. The van der Waals surface area contributed by atoms with Gasteiger partial charge in [-0.25, -0.2) is 9.59 Å². The molecule has 2 atom stereocenters. The van der Waals surface area contributed by atoms with E-state index in [1.54, 1.807) is 20.8 Å². The molecule has 0 saturated carbocycles. The second-order valence-corrected chi connectivity index (χ2v) is 8.61. The third-order valence-electron chi connectivity index (χ3n) is 5.92. The van der Waals surface area contributed by atoms with Crippen molar-refractivity contribution in [2.45, 2.75) is 45.2 Å². The first kappa shape index (κ1) is 25.7. The van der Waals surface area contributed by atoms with Crippen molar-refractivity contribution < 1.29 is 33.8 Å². The topological polar surface area (TPSA) is 131 Å². The highest BCUT2D eigenvalue weighted by molar-refractivity contribution is 6.04. The fourth-order valence-corrected chi connectivity index (χ4v) is 4.12. The van der Waals surface area contributed by atoms with Crippen molar-refractivity contribution in [2.75, 3.05) is 13.2 Å². The van der Waals surface area contributed by atoms with Gasteiger partial charge in [-0.15, -0.1) is 0 Å². The van der Waals surface area contributed by atoms with E-state index in [0.29, 0.717) is 0 Å². The van der Waals surface area contributed by atoms with Gasteiger partial charge >= 0.3 is 18.0 Å². The lowest BCUT2D eigenvalue weighted by molar-refractivity contribution is -0.149. The van der Waals surface area contributed by atoms with E-state index in [1.165, 1.54) is 0 Å². The van der Waals surface area contributed by atoms with Gasteiger partial charge in [-0.3, -0.25) is 14.9 Å². The second kappa shape index (κ2) is 11.5. The second-order valence-electron chi connectivity index (χ2n) is 8.61. The molecule has 0 saturated heterocycles. The Morgan fingerprint density at radius 3 is 2.00 bits per heavy atom. The third-order valence-corrected chi connectivity index (χ3v) is 5.92. The lowest BCUT2D eigenvalue weighted by Gasteiger charge is -2.24. The number of carboxylic acids is 1. The molecule has 0 heterocycles. The zero-order valence-corrected chi connectivity index (χ0v) is 19.9. The summed E-state index contributed by atoms with van der Waals surface area (Å²) in [7, 11) is 0. The molecule has 9 heteroatoms. The van der Waals surface area contributed by atoms with Crippen LogP contribution in [0.25, 0.3) is 11.1 Å². The molecule has 1 aliphatic carbocycles. The number of fused-ring (bicyclic) bond motifs is 3. The highest BCUT2D eigenvalue weighted by Crippen LogP contribution is 2.44. The van der Waals surface area contributed by atoms with Gasteiger partial charge < -0.3 is 19.9 Å². The van der Waals surface area contributed by atoms with Crippen LogP contribution in [0.15, 0.2) is 48.5 Å². The maximum atomic E-state index is 12.8. The normalized spacial score (nSPS) is 13.8. The number of hydrogen-bond donors (Lipinski definition) is 3. The van der Waals surface area contributed by atoms with E-state index in [-0.39, 0.29) is 31.5 Å². The first-order valence-corrected chi connectivity index (χ1v) is 11.5. The molecule has 0 spiro atoms. The predicted octanol–water partition coefficient (Wildman–Crippen LogP) is 3.07. The van der Waals surface area contributed by atoms with Crippen LogP contribution in [0.1, 0.15) is 44.2 Å². The number of carboxylic acid groups (broad SMARTS) is 1. The molecule has 2 aromatic carbocycles. The van der Waals surface area contributed by atoms with E-state index in [1.807, 2.05) is 48.5 Å². The summed E-state index contributed by atoms with van der Waals surface area (Å²) in [5.74, 6) is -3.33. The van der Waals surface area contributed by atoms with Crippen LogP contribution < -0.4 is 10.6 Å². The van der Waals surface area contributed by atoms with Crippen molar-refractivity contribution >= 4 is 23.9 Å². The third kappa shape index (κ3) is 6.17. The summed E-state index contributed by atoms with van der Waals surface area (Å²) in [6.07, 6.45) is -1.29. The first-order chi connectivity index (χ1) is 16.7. The number of carbonyl (C=O) groups excluding carboxylic acids is 3. The number of carbonyl (C=O) groups is 4. The Morgan fingerprint density at radius 2 is 1.49 bits per heavy atom. The maximum absolute atomic E-state index is 12.8. The molecule has 0 aromatic heterocycles. The molecule has 186 valence electrons. The van der Waals surface area contributed by atoms with Gasteiger partial charge in [0.1, 0.15) is 6.61 Å². The minimum atomic E-state index is -1.68. The number of hydrogen-bond acceptors (Lipinski definition) is 6.